The molecular weight excluding hydrogens is 194 g/mol. The van der Waals surface area contributed by atoms with Crippen LogP contribution in [0.5, 0.6) is 11.5 Å². The minimum absolute atomic E-state index is 0.0746. The zero-order valence-electron chi connectivity index (χ0n) is 8.86. The van der Waals surface area contributed by atoms with Crippen molar-refractivity contribution in [1.82, 2.24) is 5.32 Å². The van der Waals surface area contributed by atoms with E-state index >= 15 is 0 Å². The average molecular weight is 211 g/mol. The second-order valence-electron chi connectivity index (χ2n) is 3.19. The van der Waals surface area contributed by atoms with Crippen molar-refractivity contribution in [2.45, 2.75) is 13.5 Å². The molecule has 0 radical (unpaired) electrons. The minimum Gasteiger partial charge on any atom is -0.508 e. The van der Waals surface area contributed by atoms with E-state index in [-0.39, 0.29) is 11.5 Å². The normalized spacial score (nSPS) is 10.5. The van der Waals surface area contributed by atoms with Crippen LogP contribution >= 0.6 is 0 Å². The standard InChI is InChI=1S/C11H17NO3/c1-2-15-6-5-12-8-9-3-4-10(13)7-11(9)14/h3-4,7,12-14H,2,5-6,8H2,1H3. The molecule has 0 saturated heterocycles. The molecule has 1 aromatic rings. The molecule has 0 atom stereocenters. The SMILES string of the molecule is CCOCCNCc1ccc(O)cc1O. The molecule has 0 bridgehead atoms. The van der Waals surface area contributed by atoms with Gasteiger partial charge in [0.1, 0.15) is 11.5 Å². The Labute approximate surface area is 89.5 Å². The third kappa shape index (κ3) is 4.18. The maximum atomic E-state index is 9.46. The monoisotopic (exact) mass is 211 g/mol. The predicted octanol–water partition coefficient (Wildman–Crippen LogP) is 1.22. The highest BCUT2D eigenvalue weighted by molar-refractivity contribution is 5.38. The Hall–Kier alpha value is -1.26. The highest BCUT2D eigenvalue weighted by Crippen LogP contribution is 2.21. The lowest BCUT2D eigenvalue weighted by Gasteiger charge is -2.07. The Morgan fingerprint density at radius 2 is 2.13 bits per heavy atom. The molecule has 0 fully saturated rings. The molecule has 0 saturated carbocycles. The second kappa shape index (κ2) is 6.27. The Balaban J connectivity index is 2.31. The largest absolute Gasteiger partial charge is 0.508 e. The van der Waals surface area contributed by atoms with Crippen LogP contribution < -0.4 is 5.32 Å². The number of phenols is 2. The fourth-order valence-corrected chi connectivity index (χ4v) is 1.21. The first-order valence-corrected chi connectivity index (χ1v) is 5.03. The zero-order chi connectivity index (χ0) is 11.1. The van der Waals surface area contributed by atoms with Gasteiger partial charge in [-0.05, 0) is 13.0 Å². The van der Waals surface area contributed by atoms with Crippen molar-refractivity contribution in [3.05, 3.63) is 23.8 Å². The van der Waals surface area contributed by atoms with Crippen molar-refractivity contribution < 1.29 is 14.9 Å². The van der Waals surface area contributed by atoms with Crippen molar-refractivity contribution >= 4 is 0 Å². The van der Waals surface area contributed by atoms with Gasteiger partial charge < -0.3 is 20.3 Å². The Morgan fingerprint density at radius 3 is 2.80 bits per heavy atom. The highest BCUT2D eigenvalue weighted by atomic mass is 16.5. The molecule has 0 unspecified atom stereocenters. The number of hydrogen-bond donors (Lipinski definition) is 3. The summed E-state index contributed by atoms with van der Waals surface area (Å²) in [7, 11) is 0. The van der Waals surface area contributed by atoms with Crippen molar-refractivity contribution in [3.8, 4) is 11.5 Å². The van der Waals surface area contributed by atoms with E-state index in [9.17, 15) is 5.11 Å². The smallest absolute Gasteiger partial charge is 0.123 e. The van der Waals surface area contributed by atoms with Gasteiger partial charge in [-0.1, -0.05) is 6.07 Å². The summed E-state index contributed by atoms with van der Waals surface area (Å²) in [6, 6.07) is 4.58. The highest BCUT2D eigenvalue weighted by Gasteiger charge is 2.00. The lowest BCUT2D eigenvalue weighted by molar-refractivity contribution is 0.149. The molecular formula is C11H17NO3. The van der Waals surface area contributed by atoms with Crippen LogP contribution in [0.25, 0.3) is 0 Å². The first-order chi connectivity index (χ1) is 7.24. The maximum absolute atomic E-state index is 9.46. The van der Waals surface area contributed by atoms with Gasteiger partial charge in [0.05, 0.1) is 6.61 Å². The molecule has 0 aliphatic heterocycles. The van der Waals surface area contributed by atoms with Crippen LogP contribution in [0.15, 0.2) is 18.2 Å². The van der Waals surface area contributed by atoms with Gasteiger partial charge in [0.2, 0.25) is 0 Å². The number of hydrogen-bond acceptors (Lipinski definition) is 4. The van der Waals surface area contributed by atoms with Gasteiger partial charge in [-0.15, -0.1) is 0 Å². The molecule has 0 aliphatic carbocycles. The number of benzene rings is 1. The summed E-state index contributed by atoms with van der Waals surface area (Å²) in [6.45, 7) is 4.64. The van der Waals surface area contributed by atoms with E-state index in [1.165, 1.54) is 6.07 Å². The average Bonchev–Trinajstić information content (AvgIpc) is 2.20. The van der Waals surface area contributed by atoms with Crippen molar-refractivity contribution in [2.24, 2.45) is 0 Å². The number of nitrogens with one attached hydrogen (secondary N) is 1. The molecule has 1 rings (SSSR count). The van der Waals surface area contributed by atoms with Crippen LogP contribution in [0.4, 0.5) is 0 Å². The Morgan fingerprint density at radius 1 is 1.33 bits per heavy atom. The summed E-state index contributed by atoms with van der Waals surface area (Å²) < 4.78 is 5.16. The van der Waals surface area contributed by atoms with Gasteiger partial charge in [-0.3, -0.25) is 0 Å². The first-order valence-electron chi connectivity index (χ1n) is 5.03. The molecule has 4 nitrogen and oxygen atoms in total. The number of phenolic OH excluding ortho intramolecular Hbond substituents is 2. The zero-order valence-corrected chi connectivity index (χ0v) is 8.86. The van der Waals surface area contributed by atoms with Crippen LogP contribution in [0.1, 0.15) is 12.5 Å². The molecule has 0 aromatic heterocycles. The van der Waals surface area contributed by atoms with Crippen molar-refractivity contribution in [2.75, 3.05) is 19.8 Å². The van der Waals surface area contributed by atoms with Gasteiger partial charge in [-0.25, -0.2) is 0 Å². The van der Waals surface area contributed by atoms with Crippen LogP contribution in [0.3, 0.4) is 0 Å². The van der Waals surface area contributed by atoms with Gasteiger partial charge in [0.15, 0.2) is 0 Å². The molecule has 15 heavy (non-hydrogen) atoms. The molecule has 0 amide bonds. The van der Waals surface area contributed by atoms with E-state index < -0.39 is 0 Å². The lowest BCUT2D eigenvalue weighted by atomic mass is 10.2. The third-order valence-electron chi connectivity index (χ3n) is 2.01. The maximum Gasteiger partial charge on any atom is 0.123 e. The minimum atomic E-state index is 0.0746. The second-order valence-corrected chi connectivity index (χ2v) is 3.19. The van der Waals surface area contributed by atoms with Gasteiger partial charge in [0.25, 0.3) is 0 Å². The Bertz CT molecular complexity index is 302. The summed E-state index contributed by atoms with van der Waals surface area (Å²) in [4.78, 5) is 0. The van der Waals surface area contributed by atoms with Crippen molar-refractivity contribution in [1.29, 1.82) is 0 Å². The van der Waals surface area contributed by atoms with Crippen LogP contribution in [-0.2, 0) is 11.3 Å². The third-order valence-corrected chi connectivity index (χ3v) is 2.01. The summed E-state index contributed by atoms with van der Waals surface area (Å²) >= 11 is 0. The van der Waals surface area contributed by atoms with Gasteiger partial charge in [-0.2, -0.15) is 0 Å². The van der Waals surface area contributed by atoms with Crippen LogP contribution in [0.2, 0.25) is 0 Å². The fraction of sp³-hybridized carbons (Fsp3) is 0.455. The topological polar surface area (TPSA) is 61.7 Å². The van der Waals surface area contributed by atoms with E-state index in [0.29, 0.717) is 19.8 Å². The van der Waals surface area contributed by atoms with Gasteiger partial charge in [0, 0.05) is 31.3 Å². The summed E-state index contributed by atoms with van der Waals surface area (Å²) in [5, 5.41) is 21.7. The van der Waals surface area contributed by atoms with E-state index in [1.807, 2.05) is 6.92 Å². The number of aromatic hydroxyl groups is 2. The fourth-order valence-electron chi connectivity index (χ4n) is 1.21. The van der Waals surface area contributed by atoms with Crippen molar-refractivity contribution in [3.63, 3.8) is 0 Å². The Kier molecular flexibility index (Phi) is 4.93. The van der Waals surface area contributed by atoms with E-state index in [1.54, 1.807) is 12.1 Å². The predicted molar refractivity (Wildman–Crippen MR) is 58.0 cm³/mol. The number of rotatable bonds is 6. The van der Waals surface area contributed by atoms with Gasteiger partial charge >= 0.3 is 0 Å². The number of ether oxygens (including phenoxy) is 1. The quantitative estimate of drug-likeness (QED) is 0.619. The summed E-state index contributed by atoms with van der Waals surface area (Å²) in [5.74, 6) is 0.185. The van der Waals surface area contributed by atoms with E-state index in [4.69, 9.17) is 9.84 Å². The summed E-state index contributed by atoms with van der Waals surface area (Å²) in [6.07, 6.45) is 0. The molecule has 3 N–H and O–H groups in total. The van der Waals surface area contributed by atoms with Crippen LogP contribution in [0, 0.1) is 0 Å². The lowest BCUT2D eigenvalue weighted by Crippen LogP contribution is -2.19. The molecule has 0 spiro atoms. The molecule has 84 valence electrons. The molecule has 4 heteroatoms. The molecule has 0 aliphatic rings. The van der Waals surface area contributed by atoms with E-state index in [2.05, 4.69) is 5.32 Å². The van der Waals surface area contributed by atoms with Crippen LogP contribution in [-0.4, -0.2) is 30.0 Å². The first kappa shape index (κ1) is 11.8. The van der Waals surface area contributed by atoms with E-state index in [0.717, 1.165) is 12.1 Å². The molecule has 1 aromatic carbocycles. The summed E-state index contributed by atoms with van der Waals surface area (Å²) in [5.41, 5.74) is 0.768. The molecule has 0 heterocycles.